The number of primary amides is 1. The number of benzene rings is 2. The van der Waals surface area contributed by atoms with Crippen LogP contribution in [-0.4, -0.2) is 45.0 Å². The number of hydrogen-bond donors (Lipinski definition) is 3. The molecule has 11 heteroatoms. The molecule has 2 aliphatic rings. The van der Waals surface area contributed by atoms with E-state index in [2.05, 4.69) is 20.3 Å². The van der Waals surface area contributed by atoms with Crippen LogP contribution in [0.3, 0.4) is 0 Å². The van der Waals surface area contributed by atoms with Crippen LogP contribution >= 0.6 is 0 Å². The molecule has 2 atom stereocenters. The molecule has 6 rings (SSSR count). The summed E-state index contributed by atoms with van der Waals surface area (Å²) in [5.41, 5.74) is 6.03. The Kier molecular flexibility index (Phi) is 7.49. The Labute approximate surface area is 257 Å². The van der Waals surface area contributed by atoms with Crippen LogP contribution in [0.25, 0.3) is 22.2 Å². The zero-order valence-electron chi connectivity index (χ0n) is 24.6. The standard InChI is InChI=1S/C34H30FN5O5/c1-33(32(36)43)18-45-30-23(33)17-27(40-29(30)19-7-9-22(35)10-8-19)34(2,44)12-11-26(41)21-15-20-5-3-14-38-28(20)25(16-21)39-31(42)24-6-4-13-37-24/h3-5,7-10,13-17,44H,6,11-12,18H2,1-2H3,(H2,36,43)(H,39,42)/t33-,34-/m0/s1. The quantitative estimate of drug-likeness (QED) is 0.232. The number of anilines is 1. The minimum absolute atomic E-state index is 0.0167. The SMILES string of the molecule is C[C@](O)(CCC(=O)c1cc(NC(=O)C2=NC=CC2)c2ncccc2c1)c1cc2c(c(-c3ccc(F)cc3)n1)OC[C@]2(C)C(N)=O. The van der Waals surface area contributed by atoms with Crippen molar-refractivity contribution < 1.29 is 28.6 Å². The number of halogens is 1. The Morgan fingerprint density at radius 2 is 1.93 bits per heavy atom. The van der Waals surface area contributed by atoms with Crippen molar-refractivity contribution in [3.63, 3.8) is 0 Å². The Morgan fingerprint density at radius 3 is 2.64 bits per heavy atom. The van der Waals surface area contributed by atoms with E-state index in [0.717, 1.165) is 0 Å². The molecule has 0 saturated carbocycles. The first-order valence-electron chi connectivity index (χ1n) is 14.4. The van der Waals surface area contributed by atoms with Gasteiger partial charge in [-0.25, -0.2) is 9.37 Å². The number of Topliss-reactive ketones (excluding diaryl/α,β-unsaturated/α-hetero) is 1. The molecule has 0 aliphatic carbocycles. The summed E-state index contributed by atoms with van der Waals surface area (Å²) in [6.45, 7) is 3.17. The van der Waals surface area contributed by atoms with Gasteiger partial charge in [0, 0.05) is 47.3 Å². The molecule has 45 heavy (non-hydrogen) atoms. The van der Waals surface area contributed by atoms with Gasteiger partial charge in [-0.15, -0.1) is 0 Å². The number of nitrogens with zero attached hydrogens (tertiary/aromatic N) is 3. The van der Waals surface area contributed by atoms with Crippen LogP contribution in [0.4, 0.5) is 10.1 Å². The third-order valence-electron chi connectivity index (χ3n) is 8.31. The molecule has 4 N–H and O–H groups in total. The van der Waals surface area contributed by atoms with Crippen LogP contribution in [0.15, 0.2) is 78.1 Å². The maximum Gasteiger partial charge on any atom is 0.270 e. The van der Waals surface area contributed by atoms with E-state index in [9.17, 15) is 23.9 Å². The van der Waals surface area contributed by atoms with E-state index in [1.807, 2.05) is 0 Å². The van der Waals surface area contributed by atoms with Crippen molar-refractivity contribution in [3.8, 4) is 17.0 Å². The molecule has 0 saturated heterocycles. The van der Waals surface area contributed by atoms with E-state index in [4.69, 9.17) is 10.5 Å². The van der Waals surface area contributed by atoms with Crippen molar-refractivity contribution >= 4 is 39.9 Å². The van der Waals surface area contributed by atoms with Gasteiger partial charge in [-0.3, -0.25) is 24.4 Å². The molecule has 0 fully saturated rings. The van der Waals surface area contributed by atoms with Gasteiger partial charge < -0.3 is 20.9 Å². The smallest absolute Gasteiger partial charge is 0.270 e. The summed E-state index contributed by atoms with van der Waals surface area (Å²) in [5, 5.41) is 15.2. The summed E-state index contributed by atoms with van der Waals surface area (Å²) in [5.74, 6) is -1.37. The number of carbonyl (C=O) groups excluding carboxylic acids is 3. The van der Waals surface area contributed by atoms with E-state index in [0.29, 0.717) is 56.9 Å². The lowest BCUT2D eigenvalue weighted by molar-refractivity contribution is -0.123. The van der Waals surface area contributed by atoms with Crippen LogP contribution < -0.4 is 15.8 Å². The Bertz CT molecular complexity index is 1940. The predicted octanol–water partition coefficient (Wildman–Crippen LogP) is 4.74. The number of carbonyl (C=O) groups is 3. The fraction of sp³-hybridized carbons (Fsp3) is 0.235. The van der Waals surface area contributed by atoms with Gasteiger partial charge in [0.1, 0.15) is 40.6 Å². The molecule has 0 bridgehead atoms. The molecule has 4 heterocycles. The minimum Gasteiger partial charge on any atom is -0.489 e. The molecular weight excluding hydrogens is 577 g/mol. The number of amides is 2. The number of fused-ring (bicyclic) bond motifs is 2. The van der Waals surface area contributed by atoms with Crippen LogP contribution in [0.5, 0.6) is 5.75 Å². The van der Waals surface area contributed by atoms with Crippen LogP contribution in [0.1, 0.15) is 54.7 Å². The second-order valence-corrected chi connectivity index (χ2v) is 11.6. The van der Waals surface area contributed by atoms with Gasteiger partial charge in [-0.05, 0) is 68.8 Å². The maximum absolute atomic E-state index is 13.7. The van der Waals surface area contributed by atoms with Crippen LogP contribution in [0, 0.1) is 5.82 Å². The molecule has 0 unspecified atom stereocenters. The number of ketones is 1. The lowest BCUT2D eigenvalue weighted by Gasteiger charge is -2.26. The number of aliphatic imine (C=N–C) groups is 1. The summed E-state index contributed by atoms with van der Waals surface area (Å²) >= 11 is 0. The molecule has 0 spiro atoms. The van der Waals surface area contributed by atoms with Crippen molar-refractivity contribution in [1.29, 1.82) is 0 Å². The molecular formula is C34H30FN5O5. The summed E-state index contributed by atoms with van der Waals surface area (Å²) in [6.07, 6.45) is 5.26. The van der Waals surface area contributed by atoms with E-state index in [1.54, 1.807) is 55.7 Å². The zero-order valence-corrected chi connectivity index (χ0v) is 24.6. The fourth-order valence-corrected chi connectivity index (χ4v) is 5.45. The van der Waals surface area contributed by atoms with Crippen molar-refractivity contribution in [2.45, 2.75) is 44.1 Å². The van der Waals surface area contributed by atoms with E-state index >= 15 is 0 Å². The van der Waals surface area contributed by atoms with Gasteiger partial charge in [0.25, 0.3) is 5.91 Å². The zero-order chi connectivity index (χ0) is 31.9. The number of aromatic nitrogens is 2. The normalized spacial score (nSPS) is 18.2. The molecule has 228 valence electrons. The molecule has 0 radical (unpaired) electrons. The second kappa shape index (κ2) is 11.3. The van der Waals surface area contributed by atoms with Crippen LogP contribution in [0.2, 0.25) is 0 Å². The Balaban J connectivity index is 1.30. The predicted molar refractivity (Wildman–Crippen MR) is 166 cm³/mol. The van der Waals surface area contributed by atoms with E-state index in [1.165, 1.54) is 31.2 Å². The molecule has 2 aliphatic heterocycles. The molecule has 2 amide bonds. The average molecular weight is 608 g/mol. The van der Waals surface area contributed by atoms with Gasteiger partial charge >= 0.3 is 0 Å². The average Bonchev–Trinajstić information content (AvgIpc) is 3.69. The maximum atomic E-state index is 13.7. The number of pyridine rings is 2. The van der Waals surface area contributed by atoms with E-state index in [-0.39, 0.29) is 36.8 Å². The van der Waals surface area contributed by atoms with Gasteiger partial charge in [-0.1, -0.05) is 12.1 Å². The molecule has 2 aromatic heterocycles. The Morgan fingerprint density at radius 1 is 1.16 bits per heavy atom. The highest BCUT2D eigenvalue weighted by Crippen LogP contribution is 2.46. The lowest BCUT2D eigenvalue weighted by Crippen LogP contribution is -2.40. The molecule has 2 aromatic carbocycles. The third kappa shape index (κ3) is 5.58. The van der Waals surface area contributed by atoms with Crippen molar-refractivity contribution in [2.75, 3.05) is 11.9 Å². The second-order valence-electron chi connectivity index (χ2n) is 11.6. The minimum atomic E-state index is -1.62. The summed E-state index contributed by atoms with van der Waals surface area (Å²) < 4.78 is 19.6. The van der Waals surface area contributed by atoms with Crippen LogP contribution in [-0.2, 0) is 20.6 Å². The monoisotopic (exact) mass is 607 g/mol. The number of allylic oxidation sites excluding steroid dienone is 1. The van der Waals surface area contributed by atoms with Crippen molar-refractivity contribution in [2.24, 2.45) is 10.7 Å². The number of aliphatic hydroxyl groups is 1. The first-order chi connectivity index (χ1) is 21.5. The first-order valence-corrected chi connectivity index (χ1v) is 14.4. The van der Waals surface area contributed by atoms with Gasteiger partial charge in [0.2, 0.25) is 5.91 Å². The molecule has 10 nitrogen and oxygen atoms in total. The van der Waals surface area contributed by atoms with Gasteiger partial charge in [0.15, 0.2) is 5.78 Å². The number of nitrogens with one attached hydrogen (secondary N) is 1. The van der Waals surface area contributed by atoms with Gasteiger partial charge in [0.05, 0.1) is 16.9 Å². The highest BCUT2D eigenvalue weighted by atomic mass is 19.1. The highest BCUT2D eigenvalue weighted by Gasteiger charge is 2.45. The first kappa shape index (κ1) is 29.8. The van der Waals surface area contributed by atoms with Crippen molar-refractivity contribution in [1.82, 2.24) is 9.97 Å². The lowest BCUT2D eigenvalue weighted by atomic mass is 9.81. The highest BCUT2D eigenvalue weighted by molar-refractivity contribution is 6.44. The summed E-state index contributed by atoms with van der Waals surface area (Å²) in [7, 11) is 0. The number of hydrogen-bond acceptors (Lipinski definition) is 8. The van der Waals surface area contributed by atoms with E-state index < -0.39 is 22.7 Å². The van der Waals surface area contributed by atoms with Gasteiger partial charge in [-0.2, -0.15) is 0 Å². The number of ether oxygens (including phenoxy) is 1. The third-order valence-corrected chi connectivity index (χ3v) is 8.31. The Hall–Kier alpha value is -5.29. The number of rotatable bonds is 9. The summed E-state index contributed by atoms with van der Waals surface area (Å²) in [4.78, 5) is 52.0. The fourth-order valence-electron chi connectivity index (χ4n) is 5.45. The largest absolute Gasteiger partial charge is 0.489 e. The molecule has 4 aromatic rings. The number of nitrogens with two attached hydrogens (primary N) is 1. The van der Waals surface area contributed by atoms with Crippen molar-refractivity contribution in [3.05, 3.63) is 95.7 Å². The summed E-state index contributed by atoms with van der Waals surface area (Å²) in [6, 6.07) is 14.0. The topological polar surface area (TPSA) is 157 Å².